The largest absolute Gasteiger partial charge is 0.450 e. The van der Waals surface area contributed by atoms with Gasteiger partial charge in [-0.2, -0.15) is 0 Å². The quantitative estimate of drug-likeness (QED) is 0.763. The molecule has 0 aliphatic rings. The predicted molar refractivity (Wildman–Crippen MR) is 97.2 cm³/mol. The van der Waals surface area contributed by atoms with Crippen molar-refractivity contribution >= 4 is 12.2 Å². The molecule has 0 radical (unpaired) electrons. The monoisotopic (exact) mass is 348 g/mol. The van der Waals surface area contributed by atoms with Crippen LogP contribution in [0.5, 0.6) is 0 Å². The van der Waals surface area contributed by atoms with E-state index in [-0.39, 0.29) is 13.2 Å². The van der Waals surface area contributed by atoms with E-state index >= 15 is 0 Å². The summed E-state index contributed by atoms with van der Waals surface area (Å²) in [5.74, 6) is 0. The molecule has 2 amide bonds. The zero-order chi connectivity index (χ0) is 18.9. The molecule has 0 aliphatic heterocycles. The molecule has 138 valence electrons. The van der Waals surface area contributed by atoms with Gasteiger partial charge in [-0.05, 0) is 33.3 Å². The molecule has 0 fully saturated rings. The van der Waals surface area contributed by atoms with E-state index < -0.39 is 23.8 Å². The van der Waals surface area contributed by atoms with Gasteiger partial charge in [-0.3, -0.25) is 0 Å². The topological polar surface area (TPSA) is 67.9 Å². The number of benzene rings is 1. The molecule has 0 aliphatic carbocycles. The summed E-state index contributed by atoms with van der Waals surface area (Å²) in [6, 6.07) is 9.12. The van der Waals surface area contributed by atoms with Crippen LogP contribution in [0.1, 0.15) is 33.3 Å². The normalized spacial score (nSPS) is 12.0. The maximum atomic E-state index is 12.2. The van der Waals surface area contributed by atoms with Crippen molar-refractivity contribution in [3.8, 4) is 0 Å². The van der Waals surface area contributed by atoms with Crippen LogP contribution in [0.15, 0.2) is 43.0 Å². The second kappa shape index (κ2) is 9.71. The van der Waals surface area contributed by atoms with Crippen LogP contribution in [0.3, 0.4) is 0 Å². The van der Waals surface area contributed by atoms with Crippen molar-refractivity contribution in [1.82, 2.24) is 10.2 Å². The fraction of sp³-hybridized carbons (Fsp3) is 0.474. The number of nitrogens with one attached hydrogen (secondary N) is 1. The first-order chi connectivity index (χ1) is 11.7. The van der Waals surface area contributed by atoms with Crippen molar-refractivity contribution in [2.45, 2.75) is 45.9 Å². The van der Waals surface area contributed by atoms with Gasteiger partial charge in [0.05, 0.1) is 12.6 Å². The minimum absolute atomic E-state index is 0.233. The number of carbonyl (C=O) groups is 2. The van der Waals surface area contributed by atoms with Crippen LogP contribution in [0.25, 0.3) is 0 Å². The molecule has 1 aromatic carbocycles. The lowest BCUT2D eigenvalue weighted by Gasteiger charge is -2.27. The lowest BCUT2D eigenvalue weighted by Crippen LogP contribution is -2.46. The van der Waals surface area contributed by atoms with Crippen molar-refractivity contribution in [3.63, 3.8) is 0 Å². The molecule has 1 rings (SSSR count). The van der Waals surface area contributed by atoms with Gasteiger partial charge in [-0.1, -0.05) is 36.4 Å². The molecular weight excluding hydrogens is 320 g/mol. The highest BCUT2D eigenvalue weighted by atomic mass is 16.6. The Morgan fingerprint density at radius 1 is 1.28 bits per heavy atom. The molecule has 0 saturated carbocycles. The molecular formula is C19H28N2O4. The van der Waals surface area contributed by atoms with E-state index in [4.69, 9.17) is 9.47 Å². The van der Waals surface area contributed by atoms with Crippen LogP contribution in [-0.4, -0.2) is 41.9 Å². The third-order valence-corrected chi connectivity index (χ3v) is 3.15. The highest BCUT2D eigenvalue weighted by Gasteiger charge is 2.22. The third kappa shape index (κ3) is 8.24. The molecule has 0 bridgehead atoms. The summed E-state index contributed by atoms with van der Waals surface area (Å²) in [6.07, 6.45) is 0.575. The van der Waals surface area contributed by atoms with E-state index in [0.29, 0.717) is 6.54 Å². The number of carbonyl (C=O) groups excluding carboxylic acids is 2. The van der Waals surface area contributed by atoms with Gasteiger partial charge in [-0.25, -0.2) is 9.59 Å². The molecule has 1 N–H and O–H groups in total. The first kappa shape index (κ1) is 20.5. The maximum absolute atomic E-state index is 12.2. The Kier molecular flexibility index (Phi) is 7.98. The molecule has 0 spiro atoms. The maximum Gasteiger partial charge on any atom is 0.410 e. The van der Waals surface area contributed by atoms with E-state index in [1.165, 1.54) is 4.90 Å². The summed E-state index contributed by atoms with van der Waals surface area (Å²) in [4.78, 5) is 25.7. The Morgan fingerprint density at radius 3 is 2.44 bits per heavy atom. The van der Waals surface area contributed by atoms with E-state index in [1.807, 2.05) is 30.3 Å². The second-order valence-electron chi connectivity index (χ2n) is 6.55. The first-order valence-corrected chi connectivity index (χ1v) is 8.33. The third-order valence-electron chi connectivity index (χ3n) is 3.15. The Labute approximate surface area is 149 Å². The molecule has 6 heteroatoms. The van der Waals surface area contributed by atoms with Crippen molar-refractivity contribution in [1.29, 1.82) is 0 Å². The minimum Gasteiger partial charge on any atom is -0.450 e. The average molecular weight is 348 g/mol. The second-order valence-corrected chi connectivity index (χ2v) is 6.55. The standard InChI is InChI=1S/C19H28N2O4/c1-6-16(20-17(22)25-19(3,4)5)14-21(18(23)24-7-2)13-15-11-9-8-10-12-15/h6,8-12,16H,1,7,13-14H2,2-5H3,(H,20,22)/t16-/m1/s1. The summed E-state index contributed by atoms with van der Waals surface area (Å²) < 4.78 is 10.4. The van der Waals surface area contributed by atoms with Gasteiger partial charge in [0.15, 0.2) is 0 Å². The molecule has 25 heavy (non-hydrogen) atoms. The number of nitrogens with zero attached hydrogens (tertiary/aromatic N) is 1. The van der Waals surface area contributed by atoms with Gasteiger partial charge < -0.3 is 19.7 Å². The lowest BCUT2D eigenvalue weighted by atomic mass is 10.2. The SMILES string of the molecule is C=C[C@H](CN(Cc1ccccc1)C(=O)OCC)NC(=O)OC(C)(C)C. The lowest BCUT2D eigenvalue weighted by molar-refractivity contribution is 0.0496. The van der Waals surface area contributed by atoms with Crippen molar-refractivity contribution in [3.05, 3.63) is 48.6 Å². The van der Waals surface area contributed by atoms with Gasteiger partial charge in [0.2, 0.25) is 0 Å². The Hall–Kier alpha value is -2.50. The summed E-state index contributed by atoms with van der Waals surface area (Å²) in [5.41, 5.74) is 0.372. The number of hydrogen-bond acceptors (Lipinski definition) is 4. The summed E-state index contributed by atoms with van der Waals surface area (Å²) in [6.45, 7) is 11.7. The number of alkyl carbamates (subject to hydrolysis) is 1. The molecule has 1 aromatic rings. The van der Waals surface area contributed by atoms with Crippen LogP contribution in [0.4, 0.5) is 9.59 Å². The number of hydrogen-bond donors (Lipinski definition) is 1. The predicted octanol–water partition coefficient (Wildman–Crippen LogP) is 3.72. The van der Waals surface area contributed by atoms with Crippen molar-refractivity contribution in [2.75, 3.05) is 13.2 Å². The van der Waals surface area contributed by atoms with Crippen molar-refractivity contribution in [2.24, 2.45) is 0 Å². The Bertz CT molecular complexity index is 567. The molecule has 1 atom stereocenters. The minimum atomic E-state index is -0.597. The van der Waals surface area contributed by atoms with Crippen LogP contribution in [-0.2, 0) is 16.0 Å². The summed E-state index contributed by atoms with van der Waals surface area (Å²) in [7, 11) is 0. The highest BCUT2D eigenvalue weighted by Crippen LogP contribution is 2.10. The van der Waals surface area contributed by atoms with Crippen LogP contribution < -0.4 is 5.32 Å². The van der Waals surface area contributed by atoms with Gasteiger partial charge in [0.25, 0.3) is 0 Å². The zero-order valence-corrected chi connectivity index (χ0v) is 15.5. The zero-order valence-electron chi connectivity index (χ0n) is 15.5. The van der Waals surface area contributed by atoms with Gasteiger partial charge >= 0.3 is 12.2 Å². The van der Waals surface area contributed by atoms with Crippen LogP contribution in [0.2, 0.25) is 0 Å². The van der Waals surface area contributed by atoms with Crippen LogP contribution in [0, 0.1) is 0 Å². The van der Waals surface area contributed by atoms with E-state index in [2.05, 4.69) is 11.9 Å². The number of rotatable bonds is 7. The number of ether oxygens (including phenoxy) is 2. The summed E-state index contributed by atoms with van der Waals surface area (Å²) in [5, 5.41) is 2.71. The molecule has 0 unspecified atom stereocenters. The summed E-state index contributed by atoms with van der Waals surface area (Å²) >= 11 is 0. The smallest absolute Gasteiger partial charge is 0.410 e. The van der Waals surface area contributed by atoms with E-state index in [9.17, 15) is 9.59 Å². The molecule has 0 aromatic heterocycles. The fourth-order valence-electron chi connectivity index (χ4n) is 2.10. The highest BCUT2D eigenvalue weighted by molar-refractivity contribution is 5.69. The van der Waals surface area contributed by atoms with Gasteiger partial charge in [-0.15, -0.1) is 6.58 Å². The number of amides is 2. The Balaban J connectivity index is 2.77. The van der Waals surface area contributed by atoms with Crippen LogP contribution >= 0.6 is 0 Å². The van der Waals surface area contributed by atoms with Crippen molar-refractivity contribution < 1.29 is 19.1 Å². The molecule has 6 nitrogen and oxygen atoms in total. The Morgan fingerprint density at radius 2 is 1.92 bits per heavy atom. The first-order valence-electron chi connectivity index (χ1n) is 8.33. The van der Waals surface area contributed by atoms with E-state index in [0.717, 1.165) is 5.56 Å². The van der Waals surface area contributed by atoms with Gasteiger partial charge in [0, 0.05) is 13.1 Å². The fourth-order valence-corrected chi connectivity index (χ4v) is 2.10. The molecule has 0 saturated heterocycles. The van der Waals surface area contributed by atoms with Gasteiger partial charge in [0.1, 0.15) is 5.60 Å². The molecule has 0 heterocycles. The average Bonchev–Trinajstić information content (AvgIpc) is 2.52. The van der Waals surface area contributed by atoms with E-state index in [1.54, 1.807) is 33.8 Å².